The molecule has 10 atom stereocenters. The smallest absolute Gasteiger partial charge is 0.239 e. The van der Waals surface area contributed by atoms with Crippen molar-refractivity contribution in [2.45, 2.75) is 68.3 Å². The van der Waals surface area contributed by atoms with Gasteiger partial charge in [0, 0.05) is 17.7 Å². The van der Waals surface area contributed by atoms with Crippen molar-refractivity contribution in [3.8, 4) is 40.1 Å². The molecule has 16 heteroatoms. The van der Waals surface area contributed by atoms with Crippen LogP contribution in [0, 0.1) is 0 Å². The number of fused-ring (bicyclic) bond motifs is 1. The van der Waals surface area contributed by atoms with E-state index < -0.39 is 113 Å². The van der Waals surface area contributed by atoms with E-state index in [1.165, 1.54) is 13.0 Å². The summed E-state index contributed by atoms with van der Waals surface area (Å²) in [5.74, 6) is -3.33. The highest BCUT2D eigenvalue weighted by Crippen LogP contribution is 2.39. The number of hydrogen-bond donors (Lipinski definition) is 10. The molecule has 0 aliphatic carbocycles. The van der Waals surface area contributed by atoms with E-state index in [4.69, 9.17) is 23.4 Å². The summed E-state index contributed by atoms with van der Waals surface area (Å²) >= 11 is 0. The Morgan fingerprint density at radius 2 is 1.42 bits per heavy atom. The Bertz CT molecular complexity index is 1540. The molecule has 0 radical (unpaired) electrons. The lowest BCUT2D eigenvalue weighted by Gasteiger charge is -2.42. The van der Waals surface area contributed by atoms with Crippen molar-refractivity contribution in [3.63, 3.8) is 0 Å². The first-order valence-corrected chi connectivity index (χ1v) is 13.0. The summed E-state index contributed by atoms with van der Waals surface area (Å²) in [5.41, 5.74) is -1.35. The van der Waals surface area contributed by atoms with Crippen molar-refractivity contribution < 1.29 is 74.4 Å². The topological polar surface area (TPSA) is 269 Å². The molecule has 2 saturated heterocycles. The minimum Gasteiger partial charge on any atom is -0.508 e. The van der Waals surface area contributed by atoms with Gasteiger partial charge in [-0.3, -0.25) is 4.79 Å². The van der Waals surface area contributed by atoms with Gasteiger partial charge < -0.3 is 74.4 Å². The molecule has 0 amide bonds. The minimum atomic E-state index is -1.97. The average molecular weight is 611 g/mol. The zero-order valence-electron chi connectivity index (χ0n) is 22.3. The van der Waals surface area contributed by atoms with Crippen LogP contribution >= 0.6 is 0 Å². The van der Waals surface area contributed by atoms with Crippen LogP contribution in [0.25, 0.3) is 22.3 Å². The molecular formula is C27H30O16. The van der Waals surface area contributed by atoms with Crippen LogP contribution in [0.5, 0.6) is 28.7 Å². The van der Waals surface area contributed by atoms with Gasteiger partial charge in [0.15, 0.2) is 23.5 Å². The molecule has 0 spiro atoms. The van der Waals surface area contributed by atoms with Gasteiger partial charge in [-0.1, -0.05) is 0 Å². The number of aliphatic hydroxyl groups excluding tert-OH is 6. The van der Waals surface area contributed by atoms with Crippen molar-refractivity contribution in [3.05, 3.63) is 40.6 Å². The van der Waals surface area contributed by atoms with Crippen LogP contribution in [0.15, 0.2) is 39.5 Å². The summed E-state index contributed by atoms with van der Waals surface area (Å²) in [6, 6.07) is 5.24. The number of aromatic hydroxyl groups is 4. The van der Waals surface area contributed by atoms with Gasteiger partial charge >= 0.3 is 0 Å². The Kier molecular flexibility index (Phi) is 8.41. The lowest BCUT2D eigenvalue weighted by Crippen LogP contribution is -2.61. The molecule has 10 N–H and O–H groups in total. The second-order valence-corrected chi connectivity index (χ2v) is 10.3. The molecule has 0 saturated carbocycles. The fraction of sp³-hybridized carbons (Fsp3) is 0.444. The molecule has 3 aromatic rings. The Hall–Kier alpha value is -3.71. The third kappa shape index (κ3) is 5.67. The SMILES string of the molecule is C[C@@H]1O[C@@H](OC[C@@H]2O[C@@H](Oc3c(-c4ccc(O)c(O)c4)oc4cc(O)cc(O)c4c3=O)[C@H](O)[C@H](O)[C@@H]2O)[C@H](O)[C@H](O)[C@H]1O. The maximum Gasteiger partial charge on any atom is 0.239 e. The molecule has 2 aliphatic heterocycles. The molecule has 0 bridgehead atoms. The normalized spacial score (nSPS) is 33.0. The van der Waals surface area contributed by atoms with E-state index in [0.717, 1.165) is 24.3 Å². The van der Waals surface area contributed by atoms with Gasteiger partial charge in [-0.25, -0.2) is 0 Å². The van der Waals surface area contributed by atoms with Crippen LogP contribution < -0.4 is 10.2 Å². The molecule has 3 heterocycles. The lowest BCUT2D eigenvalue weighted by molar-refractivity contribution is -0.318. The van der Waals surface area contributed by atoms with Crippen molar-refractivity contribution in [2.24, 2.45) is 0 Å². The Morgan fingerprint density at radius 1 is 0.744 bits per heavy atom. The second-order valence-electron chi connectivity index (χ2n) is 10.3. The maximum atomic E-state index is 13.6. The summed E-state index contributed by atoms with van der Waals surface area (Å²) < 4.78 is 27.8. The molecule has 5 rings (SSSR count). The molecule has 2 fully saturated rings. The molecule has 234 valence electrons. The zero-order valence-corrected chi connectivity index (χ0v) is 22.3. The third-order valence-corrected chi connectivity index (χ3v) is 7.29. The van der Waals surface area contributed by atoms with E-state index in [0.29, 0.717) is 0 Å². The fourth-order valence-electron chi connectivity index (χ4n) is 4.84. The Balaban J connectivity index is 1.48. The molecule has 16 nitrogen and oxygen atoms in total. The average Bonchev–Trinajstić information content (AvgIpc) is 2.96. The molecule has 43 heavy (non-hydrogen) atoms. The number of ether oxygens (including phenoxy) is 4. The molecule has 2 aromatic carbocycles. The highest BCUT2D eigenvalue weighted by molar-refractivity contribution is 5.88. The monoisotopic (exact) mass is 610 g/mol. The molecule has 0 unspecified atom stereocenters. The van der Waals surface area contributed by atoms with Crippen LogP contribution in [0.4, 0.5) is 0 Å². The van der Waals surface area contributed by atoms with Crippen molar-refractivity contribution in [1.82, 2.24) is 0 Å². The van der Waals surface area contributed by atoms with Crippen LogP contribution in [0.2, 0.25) is 0 Å². The highest BCUT2D eigenvalue weighted by atomic mass is 16.7. The van der Waals surface area contributed by atoms with Crippen molar-refractivity contribution in [2.75, 3.05) is 6.61 Å². The molecule has 2 aliphatic rings. The number of phenolic OH excluding ortho intramolecular Hbond substituents is 4. The van der Waals surface area contributed by atoms with Gasteiger partial charge in [0.2, 0.25) is 17.5 Å². The van der Waals surface area contributed by atoms with Crippen LogP contribution in [-0.2, 0) is 14.2 Å². The third-order valence-electron chi connectivity index (χ3n) is 7.29. The molecule has 1 aromatic heterocycles. The lowest BCUT2D eigenvalue weighted by atomic mass is 9.98. The van der Waals surface area contributed by atoms with E-state index in [-0.39, 0.29) is 11.1 Å². The van der Waals surface area contributed by atoms with Gasteiger partial charge in [-0.05, 0) is 25.1 Å². The summed E-state index contributed by atoms with van der Waals surface area (Å²) in [4.78, 5) is 13.6. The molecular weight excluding hydrogens is 580 g/mol. The van der Waals surface area contributed by atoms with Gasteiger partial charge in [-0.2, -0.15) is 0 Å². The van der Waals surface area contributed by atoms with Gasteiger partial charge in [0.25, 0.3) is 0 Å². The number of benzene rings is 2. The van der Waals surface area contributed by atoms with E-state index >= 15 is 0 Å². The predicted octanol–water partition coefficient (Wildman–Crippen LogP) is -1.69. The van der Waals surface area contributed by atoms with Gasteiger partial charge in [0.05, 0.1) is 12.7 Å². The van der Waals surface area contributed by atoms with E-state index in [1.807, 2.05) is 0 Å². The standard InChI is InChI=1S/C27H30O16/c1-8-17(32)20(35)22(37)26(40-8)39-7-15-18(33)21(36)23(38)27(42-15)43-25-19(34)16-13(31)5-10(28)6-14(16)41-24(25)9-2-3-11(29)12(30)4-9/h2-6,8,15,17-18,20-23,26-33,35-38H,7H2,1H3/t8-,15-,17-,18+,20+,21+,22+,23+,26+,27-/m0/s1. The minimum absolute atomic E-state index is 0.0313. The zero-order chi connectivity index (χ0) is 31.3. The van der Waals surface area contributed by atoms with Crippen molar-refractivity contribution >= 4 is 11.0 Å². The fourth-order valence-corrected chi connectivity index (χ4v) is 4.84. The van der Waals surface area contributed by atoms with Gasteiger partial charge in [-0.15, -0.1) is 0 Å². The van der Waals surface area contributed by atoms with Crippen LogP contribution in [0.1, 0.15) is 6.92 Å². The van der Waals surface area contributed by atoms with Crippen LogP contribution in [-0.4, -0.2) is 119 Å². The predicted molar refractivity (Wildman–Crippen MR) is 140 cm³/mol. The summed E-state index contributed by atoms with van der Waals surface area (Å²) in [7, 11) is 0. The first-order valence-electron chi connectivity index (χ1n) is 13.0. The number of rotatable bonds is 6. The van der Waals surface area contributed by atoms with E-state index in [1.54, 1.807) is 0 Å². The quantitative estimate of drug-likeness (QED) is 0.140. The van der Waals surface area contributed by atoms with Crippen LogP contribution in [0.3, 0.4) is 0 Å². The number of phenols is 4. The van der Waals surface area contributed by atoms with Crippen molar-refractivity contribution in [1.29, 1.82) is 0 Å². The summed E-state index contributed by atoms with van der Waals surface area (Å²) in [5, 5.41) is 101. The number of hydrogen-bond acceptors (Lipinski definition) is 16. The second kappa shape index (κ2) is 11.8. The maximum absolute atomic E-state index is 13.6. The summed E-state index contributed by atoms with van der Waals surface area (Å²) in [6.45, 7) is 0.818. The summed E-state index contributed by atoms with van der Waals surface area (Å²) in [6.07, 6.45) is -16.2. The first kappa shape index (κ1) is 30.7. The highest BCUT2D eigenvalue weighted by Gasteiger charge is 2.47. The first-order chi connectivity index (χ1) is 20.3. The Labute approximate surface area is 241 Å². The van der Waals surface area contributed by atoms with E-state index in [2.05, 4.69) is 0 Å². The largest absolute Gasteiger partial charge is 0.508 e. The van der Waals surface area contributed by atoms with E-state index in [9.17, 15) is 55.9 Å². The number of aliphatic hydroxyl groups is 6. The Morgan fingerprint density at radius 3 is 2.12 bits per heavy atom. The van der Waals surface area contributed by atoms with Gasteiger partial charge in [0.1, 0.15) is 65.2 Å².